The van der Waals surface area contributed by atoms with E-state index in [9.17, 15) is 8.42 Å². The van der Waals surface area contributed by atoms with Crippen molar-refractivity contribution in [3.05, 3.63) is 35.9 Å². The van der Waals surface area contributed by atoms with Crippen molar-refractivity contribution < 1.29 is 8.42 Å². The minimum absolute atomic E-state index is 0.271. The Morgan fingerprint density at radius 2 is 2.14 bits per heavy atom. The Morgan fingerprint density at radius 3 is 3.05 bits per heavy atom. The standard InChI is InChI=1S/C13H15N5O2S/c19-21(20,11-2-1-10-3-4-14-12(10)7-11)18-6-5-17-9-15-16-13(17)8-18/h1-2,7,9,14H,3-6,8H2. The summed E-state index contributed by atoms with van der Waals surface area (Å²) in [5, 5.41) is 11.0. The number of hydrogen-bond acceptors (Lipinski definition) is 5. The van der Waals surface area contributed by atoms with Crippen LogP contribution in [-0.4, -0.2) is 40.6 Å². The average molecular weight is 305 g/mol. The molecule has 4 rings (SSSR count). The number of benzene rings is 1. The van der Waals surface area contributed by atoms with Crippen molar-refractivity contribution in [2.45, 2.75) is 24.4 Å². The molecule has 0 atom stereocenters. The van der Waals surface area contributed by atoms with Gasteiger partial charge in [-0.3, -0.25) is 0 Å². The molecule has 21 heavy (non-hydrogen) atoms. The van der Waals surface area contributed by atoms with Crippen molar-refractivity contribution >= 4 is 15.7 Å². The number of fused-ring (bicyclic) bond motifs is 2. The fraction of sp³-hybridized carbons (Fsp3) is 0.385. The highest BCUT2D eigenvalue weighted by molar-refractivity contribution is 7.89. The van der Waals surface area contributed by atoms with Crippen LogP contribution < -0.4 is 5.32 Å². The number of sulfonamides is 1. The molecule has 0 aliphatic carbocycles. The van der Waals surface area contributed by atoms with Gasteiger partial charge in [-0.05, 0) is 24.1 Å². The molecule has 0 saturated carbocycles. The Balaban J connectivity index is 1.68. The first-order valence-corrected chi connectivity index (χ1v) is 8.32. The summed E-state index contributed by atoms with van der Waals surface area (Å²) in [5.74, 6) is 0.684. The molecule has 0 fully saturated rings. The molecular formula is C13H15N5O2S. The van der Waals surface area contributed by atoms with Crippen molar-refractivity contribution in [2.75, 3.05) is 18.4 Å². The van der Waals surface area contributed by atoms with Crippen molar-refractivity contribution in [2.24, 2.45) is 0 Å². The fourth-order valence-electron chi connectivity index (χ4n) is 2.83. The third kappa shape index (κ3) is 2.02. The lowest BCUT2D eigenvalue weighted by atomic mass is 10.2. The molecule has 3 heterocycles. The third-order valence-electron chi connectivity index (χ3n) is 4.03. The van der Waals surface area contributed by atoms with Gasteiger partial charge in [0.15, 0.2) is 0 Å². The normalized spacial score (nSPS) is 18.1. The summed E-state index contributed by atoms with van der Waals surface area (Å²) in [6.07, 6.45) is 2.58. The summed E-state index contributed by atoms with van der Waals surface area (Å²) >= 11 is 0. The molecule has 1 aromatic heterocycles. The molecule has 2 aliphatic heterocycles. The van der Waals surface area contributed by atoms with E-state index in [1.807, 2.05) is 10.6 Å². The van der Waals surface area contributed by atoms with E-state index < -0.39 is 10.0 Å². The lowest BCUT2D eigenvalue weighted by Crippen LogP contribution is -2.38. The molecule has 0 spiro atoms. The van der Waals surface area contributed by atoms with Crippen LogP contribution in [0.2, 0.25) is 0 Å². The van der Waals surface area contributed by atoms with Gasteiger partial charge in [-0.1, -0.05) is 6.07 Å². The second kappa shape index (κ2) is 4.54. The number of anilines is 1. The molecule has 8 heteroatoms. The lowest BCUT2D eigenvalue weighted by molar-refractivity contribution is 0.335. The number of nitrogens with zero attached hydrogens (tertiary/aromatic N) is 4. The van der Waals surface area contributed by atoms with Gasteiger partial charge < -0.3 is 9.88 Å². The molecule has 0 saturated heterocycles. The molecule has 0 radical (unpaired) electrons. The number of rotatable bonds is 2. The Bertz CT molecular complexity index is 799. The van der Waals surface area contributed by atoms with Crippen LogP contribution in [0.4, 0.5) is 5.69 Å². The van der Waals surface area contributed by atoms with E-state index in [1.165, 1.54) is 9.87 Å². The molecule has 110 valence electrons. The summed E-state index contributed by atoms with van der Waals surface area (Å²) in [6, 6.07) is 5.33. The summed E-state index contributed by atoms with van der Waals surface area (Å²) in [6.45, 7) is 2.17. The van der Waals surface area contributed by atoms with Crippen LogP contribution >= 0.6 is 0 Å². The summed E-state index contributed by atoms with van der Waals surface area (Å²) in [4.78, 5) is 0.337. The number of nitrogens with one attached hydrogen (secondary N) is 1. The molecule has 0 bridgehead atoms. The van der Waals surface area contributed by atoms with E-state index in [2.05, 4.69) is 15.5 Å². The molecule has 2 aliphatic rings. The van der Waals surface area contributed by atoms with Gasteiger partial charge in [-0.25, -0.2) is 8.42 Å². The van der Waals surface area contributed by atoms with Gasteiger partial charge in [-0.2, -0.15) is 4.31 Å². The van der Waals surface area contributed by atoms with Crippen LogP contribution in [0.3, 0.4) is 0 Å². The second-order valence-electron chi connectivity index (χ2n) is 5.27. The van der Waals surface area contributed by atoms with Crippen LogP contribution in [0.25, 0.3) is 0 Å². The topological polar surface area (TPSA) is 80.1 Å². The van der Waals surface area contributed by atoms with Gasteiger partial charge in [0.05, 0.1) is 11.4 Å². The SMILES string of the molecule is O=S(=O)(c1ccc2c(c1)NCC2)N1CCn2cnnc2C1. The lowest BCUT2D eigenvalue weighted by Gasteiger charge is -2.26. The minimum atomic E-state index is -3.49. The average Bonchev–Trinajstić information content (AvgIpc) is 3.14. The van der Waals surface area contributed by atoms with Crippen LogP contribution in [-0.2, 0) is 29.5 Å². The van der Waals surface area contributed by atoms with Gasteiger partial charge in [0, 0.05) is 25.3 Å². The molecule has 7 nitrogen and oxygen atoms in total. The van der Waals surface area contributed by atoms with Gasteiger partial charge in [0.2, 0.25) is 10.0 Å². The van der Waals surface area contributed by atoms with Crippen LogP contribution in [0, 0.1) is 0 Å². The predicted molar refractivity (Wildman–Crippen MR) is 76.3 cm³/mol. The number of aromatic nitrogens is 3. The zero-order valence-corrected chi connectivity index (χ0v) is 12.2. The zero-order chi connectivity index (χ0) is 14.4. The van der Waals surface area contributed by atoms with Crippen LogP contribution in [0.5, 0.6) is 0 Å². The maximum atomic E-state index is 12.8. The predicted octanol–water partition coefficient (Wildman–Crippen LogP) is 0.451. The van der Waals surface area contributed by atoms with Crippen molar-refractivity contribution in [1.29, 1.82) is 0 Å². The van der Waals surface area contributed by atoms with Gasteiger partial charge >= 0.3 is 0 Å². The molecule has 0 amide bonds. The Labute approximate surface area is 122 Å². The van der Waals surface area contributed by atoms with Crippen LogP contribution in [0.1, 0.15) is 11.4 Å². The number of hydrogen-bond donors (Lipinski definition) is 1. The monoisotopic (exact) mass is 305 g/mol. The van der Waals surface area contributed by atoms with Crippen molar-refractivity contribution in [3.63, 3.8) is 0 Å². The summed E-state index contributed by atoms with van der Waals surface area (Å²) < 4.78 is 28.9. The summed E-state index contributed by atoms with van der Waals surface area (Å²) in [7, 11) is -3.49. The van der Waals surface area contributed by atoms with Crippen molar-refractivity contribution in [1.82, 2.24) is 19.1 Å². The van der Waals surface area contributed by atoms with E-state index in [0.29, 0.717) is 23.8 Å². The van der Waals surface area contributed by atoms with E-state index in [4.69, 9.17) is 0 Å². The van der Waals surface area contributed by atoms with E-state index in [-0.39, 0.29) is 6.54 Å². The second-order valence-corrected chi connectivity index (χ2v) is 7.21. The van der Waals surface area contributed by atoms with Crippen molar-refractivity contribution in [3.8, 4) is 0 Å². The van der Waals surface area contributed by atoms with E-state index >= 15 is 0 Å². The maximum Gasteiger partial charge on any atom is 0.243 e. The molecule has 0 unspecified atom stereocenters. The summed E-state index contributed by atoms with van der Waals surface area (Å²) in [5.41, 5.74) is 2.10. The third-order valence-corrected chi connectivity index (χ3v) is 5.87. The Morgan fingerprint density at radius 1 is 1.24 bits per heavy atom. The van der Waals surface area contributed by atoms with Gasteiger partial charge in [0.1, 0.15) is 12.2 Å². The van der Waals surface area contributed by atoms with E-state index in [0.717, 1.165) is 18.7 Å². The highest BCUT2D eigenvalue weighted by Gasteiger charge is 2.30. The maximum absolute atomic E-state index is 12.8. The van der Waals surface area contributed by atoms with Gasteiger partial charge in [-0.15, -0.1) is 10.2 Å². The first kappa shape index (κ1) is 12.8. The van der Waals surface area contributed by atoms with E-state index in [1.54, 1.807) is 18.5 Å². The molecule has 1 aromatic carbocycles. The molecular weight excluding hydrogens is 290 g/mol. The smallest absolute Gasteiger partial charge is 0.243 e. The first-order chi connectivity index (χ1) is 10.1. The minimum Gasteiger partial charge on any atom is -0.384 e. The quantitative estimate of drug-likeness (QED) is 0.871. The molecule has 2 aromatic rings. The first-order valence-electron chi connectivity index (χ1n) is 6.88. The largest absolute Gasteiger partial charge is 0.384 e. The highest BCUT2D eigenvalue weighted by atomic mass is 32.2. The molecule has 1 N–H and O–H groups in total. The highest BCUT2D eigenvalue weighted by Crippen LogP contribution is 2.28. The van der Waals surface area contributed by atoms with Crippen LogP contribution in [0.15, 0.2) is 29.4 Å². The van der Waals surface area contributed by atoms with Gasteiger partial charge in [0.25, 0.3) is 0 Å². The zero-order valence-electron chi connectivity index (χ0n) is 11.4. The fourth-order valence-corrected chi connectivity index (χ4v) is 4.24. The Hall–Kier alpha value is -1.93. The Kier molecular flexibility index (Phi) is 2.76.